The van der Waals surface area contributed by atoms with E-state index in [4.69, 9.17) is 0 Å². The van der Waals surface area contributed by atoms with Crippen LogP contribution in [0.5, 0.6) is 0 Å². The summed E-state index contributed by atoms with van der Waals surface area (Å²) >= 11 is 0. The van der Waals surface area contributed by atoms with Crippen LogP contribution < -0.4 is 14.9 Å². The van der Waals surface area contributed by atoms with Crippen molar-refractivity contribution in [3.05, 3.63) is 54.1 Å². The van der Waals surface area contributed by atoms with Gasteiger partial charge in [-0.3, -0.25) is 4.31 Å². The van der Waals surface area contributed by atoms with Crippen LogP contribution in [0.3, 0.4) is 0 Å². The van der Waals surface area contributed by atoms with E-state index in [-0.39, 0.29) is 16.5 Å². The Labute approximate surface area is 160 Å². The first-order valence-electron chi connectivity index (χ1n) is 8.97. The number of rotatable bonds is 3. The van der Waals surface area contributed by atoms with Crippen LogP contribution in [-0.4, -0.2) is 26.5 Å². The number of sulfonamides is 1. The first-order valence-corrected chi connectivity index (χ1v) is 10.4. The predicted molar refractivity (Wildman–Crippen MR) is 108 cm³/mol. The Morgan fingerprint density at radius 3 is 2.44 bits per heavy atom. The smallest absolute Gasteiger partial charge is 0.319 e. The molecule has 27 heavy (non-hydrogen) atoms. The number of fused-ring (bicyclic) bond motifs is 1. The summed E-state index contributed by atoms with van der Waals surface area (Å²) in [4.78, 5) is 12.4. The third-order valence-electron chi connectivity index (χ3n) is 4.23. The molecule has 7 heteroatoms. The number of nitrogens with one attached hydrogen (secondary N) is 2. The number of amides is 2. The maximum atomic E-state index is 13.0. The number of aryl methyl sites for hydroxylation is 1. The molecule has 0 aliphatic carbocycles. The highest BCUT2D eigenvalue weighted by atomic mass is 32.2. The molecule has 2 aromatic rings. The summed E-state index contributed by atoms with van der Waals surface area (Å²) in [7, 11) is -3.60. The van der Waals surface area contributed by atoms with Crippen LogP contribution in [0, 0.1) is 0 Å². The van der Waals surface area contributed by atoms with Gasteiger partial charge in [0.15, 0.2) is 0 Å². The van der Waals surface area contributed by atoms with Crippen molar-refractivity contribution in [2.75, 3.05) is 16.2 Å². The molecular weight excluding hydrogens is 362 g/mol. The number of carbonyl (C=O) groups is 1. The van der Waals surface area contributed by atoms with Crippen LogP contribution >= 0.6 is 0 Å². The van der Waals surface area contributed by atoms with Gasteiger partial charge >= 0.3 is 6.03 Å². The van der Waals surface area contributed by atoms with E-state index in [1.54, 1.807) is 42.5 Å². The topological polar surface area (TPSA) is 78.5 Å². The number of hydrogen-bond donors (Lipinski definition) is 2. The minimum Gasteiger partial charge on any atom is -0.333 e. The van der Waals surface area contributed by atoms with Gasteiger partial charge in [0.05, 0.1) is 10.6 Å². The van der Waals surface area contributed by atoms with Crippen LogP contribution in [0.2, 0.25) is 0 Å². The first kappa shape index (κ1) is 19.2. The van der Waals surface area contributed by atoms with Crippen molar-refractivity contribution >= 4 is 27.4 Å². The lowest BCUT2D eigenvalue weighted by Gasteiger charge is -2.31. The van der Waals surface area contributed by atoms with Crippen molar-refractivity contribution in [1.29, 1.82) is 0 Å². The van der Waals surface area contributed by atoms with E-state index in [1.165, 1.54) is 4.31 Å². The summed E-state index contributed by atoms with van der Waals surface area (Å²) in [5.74, 6) is 0. The largest absolute Gasteiger partial charge is 0.333 e. The highest BCUT2D eigenvalue weighted by molar-refractivity contribution is 7.92. The SMILES string of the molecule is CC(C)(C)NC(=O)Nc1ccc2c(c1)CCCN2S(=O)(=O)c1ccccc1. The molecule has 0 radical (unpaired) electrons. The maximum absolute atomic E-state index is 13.0. The Bertz CT molecular complexity index is 935. The second kappa shape index (κ2) is 7.23. The minimum atomic E-state index is -3.60. The number of urea groups is 1. The lowest BCUT2D eigenvalue weighted by atomic mass is 10.0. The molecule has 0 saturated carbocycles. The molecule has 144 valence electrons. The van der Waals surface area contributed by atoms with Crippen molar-refractivity contribution in [1.82, 2.24) is 5.32 Å². The molecule has 3 rings (SSSR count). The fraction of sp³-hybridized carbons (Fsp3) is 0.350. The van der Waals surface area contributed by atoms with Gasteiger partial charge in [-0.15, -0.1) is 0 Å². The summed E-state index contributed by atoms with van der Waals surface area (Å²) in [6, 6.07) is 13.5. The van der Waals surface area contributed by atoms with Crippen LogP contribution in [-0.2, 0) is 16.4 Å². The van der Waals surface area contributed by atoms with Gasteiger partial charge in [-0.1, -0.05) is 18.2 Å². The molecule has 0 bridgehead atoms. The molecule has 0 unspecified atom stereocenters. The van der Waals surface area contributed by atoms with Gasteiger partial charge in [0.1, 0.15) is 0 Å². The molecule has 1 aliphatic rings. The number of carbonyl (C=O) groups excluding carboxylic acids is 1. The molecule has 1 heterocycles. The second-order valence-electron chi connectivity index (χ2n) is 7.67. The van der Waals surface area contributed by atoms with Crippen molar-refractivity contribution in [3.8, 4) is 0 Å². The van der Waals surface area contributed by atoms with Crippen LogP contribution in [0.1, 0.15) is 32.8 Å². The molecule has 2 N–H and O–H groups in total. The van der Waals surface area contributed by atoms with E-state index in [0.29, 0.717) is 17.9 Å². The van der Waals surface area contributed by atoms with Gasteiger partial charge in [-0.2, -0.15) is 0 Å². The molecule has 0 atom stereocenters. The average Bonchev–Trinajstić information content (AvgIpc) is 2.60. The fourth-order valence-electron chi connectivity index (χ4n) is 3.11. The van der Waals surface area contributed by atoms with Gasteiger partial charge in [0.25, 0.3) is 10.0 Å². The number of nitrogens with zero attached hydrogens (tertiary/aromatic N) is 1. The highest BCUT2D eigenvalue weighted by Crippen LogP contribution is 2.33. The summed E-state index contributed by atoms with van der Waals surface area (Å²) in [5, 5.41) is 5.66. The monoisotopic (exact) mass is 387 g/mol. The second-order valence-corrected chi connectivity index (χ2v) is 9.53. The van der Waals surface area contributed by atoms with Gasteiger partial charge < -0.3 is 10.6 Å². The standard InChI is InChI=1S/C20H25N3O3S/c1-20(2,3)22-19(24)21-16-11-12-18-15(14-16)8-7-13-23(18)27(25,26)17-9-5-4-6-10-17/h4-6,9-12,14H,7-8,13H2,1-3H3,(H2,21,22,24). The Balaban J connectivity index is 1.86. The molecule has 2 aromatic carbocycles. The number of benzene rings is 2. The Morgan fingerprint density at radius 2 is 1.78 bits per heavy atom. The third-order valence-corrected chi connectivity index (χ3v) is 6.06. The number of anilines is 2. The summed E-state index contributed by atoms with van der Waals surface area (Å²) in [6.45, 7) is 6.17. The fourth-order valence-corrected chi connectivity index (χ4v) is 4.67. The maximum Gasteiger partial charge on any atom is 0.319 e. The van der Waals surface area contributed by atoms with E-state index in [0.717, 1.165) is 18.4 Å². The molecule has 1 aliphatic heterocycles. The van der Waals surface area contributed by atoms with Crippen molar-refractivity contribution in [3.63, 3.8) is 0 Å². The van der Waals surface area contributed by atoms with Crippen LogP contribution in [0.15, 0.2) is 53.4 Å². The quantitative estimate of drug-likeness (QED) is 0.842. The first-order chi connectivity index (χ1) is 12.7. The molecule has 2 amide bonds. The van der Waals surface area contributed by atoms with Crippen LogP contribution in [0.4, 0.5) is 16.2 Å². The van der Waals surface area contributed by atoms with E-state index >= 15 is 0 Å². The minimum absolute atomic E-state index is 0.282. The lowest BCUT2D eigenvalue weighted by Crippen LogP contribution is -2.43. The zero-order chi connectivity index (χ0) is 19.7. The van der Waals surface area contributed by atoms with Crippen molar-refractivity contribution in [2.24, 2.45) is 0 Å². The van der Waals surface area contributed by atoms with Gasteiger partial charge in [-0.05, 0) is 69.5 Å². The summed E-state index contributed by atoms with van der Waals surface area (Å²) in [6.07, 6.45) is 1.50. The zero-order valence-electron chi connectivity index (χ0n) is 15.8. The van der Waals surface area contributed by atoms with Crippen molar-refractivity contribution in [2.45, 2.75) is 44.0 Å². The molecular formula is C20H25N3O3S. The molecule has 0 spiro atoms. The Morgan fingerprint density at radius 1 is 1.07 bits per heavy atom. The van der Waals surface area contributed by atoms with E-state index < -0.39 is 10.0 Å². The number of hydrogen-bond acceptors (Lipinski definition) is 3. The third kappa shape index (κ3) is 4.42. The molecule has 0 fully saturated rings. The summed E-state index contributed by atoms with van der Waals surface area (Å²) < 4.78 is 27.5. The Kier molecular flexibility index (Phi) is 5.15. The van der Waals surface area contributed by atoms with E-state index in [2.05, 4.69) is 10.6 Å². The predicted octanol–water partition coefficient (Wildman–Crippen LogP) is 3.75. The van der Waals surface area contributed by atoms with E-state index in [9.17, 15) is 13.2 Å². The molecule has 6 nitrogen and oxygen atoms in total. The normalized spacial score (nSPS) is 14.4. The Hall–Kier alpha value is -2.54. The molecule has 0 aromatic heterocycles. The summed E-state index contributed by atoms with van der Waals surface area (Å²) in [5.41, 5.74) is 1.90. The lowest BCUT2D eigenvalue weighted by molar-refractivity contribution is 0.244. The average molecular weight is 388 g/mol. The van der Waals surface area contributed by atoms with Crippen LogP contribution in [0.25, 0.3) is 0 Å². The zero-order valence-corrected chi connectivity index (χ0v) is 16.6. The molecule has 0 saturated heterocycles. The highest BCUT2D eigenvalue weighted by Gasteiger charge is 2.29. The van der Waals surface area contributed by atoms with Gasteiger partial charge in [0.2, 0.25) is 0 Å². The van der Waals surface area contributed by atoms with Crippen molar-refractivity contribution < 1.29 is 13.2 Å². The van der Waals surface area contributed by atoms with Gasteiger partial charge in [0, 0.05) is 17.8 Å². The van der Waals surface area contributed by atoms with Gasteiger partial charge in [-0.25, -0.2) is 13.2 Å². The van der Waals surface area contributed by atoms with E-state index in [1.807, 2.05) is 26.8 Å².